The lowest BCUT2D eigenvalue weighted by Crippen LogP contribution is -2.38. The minimum Gasteiger partial charge on any atom is -0.382 e. The predicted molar refractivity (Wildman–Crippen MR) is 82.1 cm³/mol. The van der Waals surface area contributed by atoms with Gasteiger partial charge in [0.1, 0.15) is 10.7 Å². The third kappa shape index (κ3) is 2.75. The normalized spacial score (nSPS) is 19.2. The van der Waals surface area contributed by atoms with Gasteiger partial charge in [-0.1, -0.05) is 24.2 Å². The van der Waals surface area contributed by atoms with Crippen molar-refractivity contribution in [1.29, 1.82) is 0 Å². The zero-order valence-corrected chi connectivity index (χ0v) is 12.7. The van der Waals surface area contributed by atoms with Gasteiger partial charge in [0.15, 0.2) is 5.13 Å². The topological polar surface area (TPSA) is 71.2 Å². The highest BCUT2D eigenvalue weighted by atomic mass is 32.1. The minimum absolute atomic E-state index is 0.0539. The first-order valence-electron chi connectivity index (χ1n) is 7.53. The van der Waals surface area contributed by atoms with E-state index in [1.807, 2.05) is 11.8 Å². The number of aromatic nitrogens is 1. The maximum Gasteiger partial charge on any atom is 0.268 e. The Morgan fingerprint density at radius 3 is 2.70 bits per heavy atom. The molecule has 2 fully saturated rings. The number of amides is 1. The maximum absolute atomic E-state index is 12.7. The fourth-order valence-electron chi connectivity index (χ4n) is 2.86. The van der Waals surface area contributed by atoms with E-state index in [9.17, 15) is 4.79 Å². The summed E-state index contributed by atoms with van der Waals surface area (Å²) in [5.41, 5.74) is 5.94. The van der Waals surface area contributed by atoms with Gasteiger partial charge in [0.2, 0.25) is 0 Å². The van der Waals surface area contributed by atoms with E-state index in [4.69, 9.17) is 5.73 Å². The fourth-order valence-corrected chi connectivity index (χ4v) is 3.78. The number of thiazole rings is 1. The molecule has 0 aliphatic heterocycles. The Labute approximate surface area is 123 Å². The molecule has 0 saturated heterocycles. The molecule has 2 saturated carbocycles. The summed E-state index contributed by atoms with van der Waals surface area (Å²) in [6.45, 7) is 2.78. The molecule has 6 heteroatoms. The summed E-state index contributed by atoms with van der Waals surface area (Å²) >= 11 is 1.40. The van der Waals surface area contributed by atoms with Crippen LogP contribution in [-0.2, 0) is 0 Å². The number of nitrogen functional groups attached to an aromatic ring is 1. The van der Waals surface area contributed by atoms with Crippen LogP contribution < -0.4 is 11.1 Å². The number of hydrogen-bond donors (Lipinski definition) is 2. The molecule has 0 unspecified atom stereocenters. The van der Waals surface area contributed by atoms with Crippen LogP contribution >= 0.6 is 11.3 Å². The van der Waals surface area contributed by atoms with E-state index >= 15 is 0 Å². The van der Waals surface area contributed by atoms with Crippen LogP contribution in [0.1, 0.15) is 55.1 Å². The summed E-state index contributed by atoms with van der Waals surface area (Å²) in [6, 6.07) is 0.912. The van der Waals surface area contributed by atoms with Crippen molar-refractivity contribution in [1.82, 2.24) is 9.88 Å². The van der Waals surface area contributed by atoms with Crippen LogP contribution in [-0.4, -0.2) is 34.4 Å². The van der Waals surface area contributed by atoms with Gasteiger partial charge in [-0.05, 0) is 32.6 Å². The summed E-state index contributed by atoms with van der Waals surface area (Å²) in [5.74, 6) is 0.429. The van der Waals surface area contributed by atoms with Crippen LogP contribution in [0.2, 0.25) is 0 Å². The summed E-state index contributed by atoms with van der Waals surface area (Å²) in [5, 5.41) is 4.10. The third-order valence-electron chi connectivity index (χ3n) is 4.12. The molecule has 1 amide bonds. The molecule has 3 rings (SSSR count). The molecule has 0 aromatic carbocycles. The Morgan fingerprint density at radius 1 is 1.40 bits per heavy atom. The van der Waals surface area contributed by atoms with Crippen LogP contribution in [0.5, 0.6) is 0 Å². The molecule has 0 spiro atoms. The number of hydrogen-bond acceptors (Lipinski definition) is 5. The average molecular weight is 294 g/mol. The molecule has 110 valence electrons. The number of anilines is 2. The van der Waals surface area contributed by atoms with E-state index in [2.05, 4.69) is 10.3 Å². The third-order valence-corrected chi connectivity index (χ3v) is 5.11. The van der Waals surface area contributed by atoms with E-state index in [-0.39, 0.29) is 5.91 Å². The predicted octanol–water partition coefficient (Wildman–Crippen LogP) is 2.70. The molecule has 2 aliphatic rings. The summed E-state index contributed by atoms with van der Waals surface area (Å²) in [7, 11) is 0. The van der Waals surface area contributed by atoms with Crippen molar-refractivity contribution in [3.8, 4) is 0 Å². The molecule has 1 aromatic rings. The van der Waals surface area contributed by atoms with Gasteiger partial charge < -0.3 is 16.0 Å². The van der Waals surface area contributed by atoms with Crippen molar-refractivity contribution in [2.45, 2.75) is 57.5 Å². The Hall–Kier alpha value is -1.30. The number of nitrogens with one attached hydrogen (secondary N) is 1. The SMILES string of the molecule is CCN(C(=O)c1sc(NC2CC2)nc1N)C1CCCC1. The Balaban J connectivity index is 1.75. The smallest absolute Gasteiger partial charge is 0.268 e. The number of rotatable bonds is 5. The number of nitrogens with two attached hydrogens (primary N) is 1. The summed E-state index contributed by atoms with van der Waals surface area (Å²) < 4.78 is 0. The monoisotopic (exact) mass is 294 g/mol. The van der Waals surface area contributed by atoms with Crippen molar-refractivity contribution in [2.75, 3.05) is 17.6 Å². The van der Waals surface area contributed by atoms with Gasteiger partial charge in [0.25, 0.3) is 5.91 Å². The lowest BCUT2D eigenvalue weighted by atomic mass is 10.2. The lowest BCUT2D eigenvalue weighted by Gasteiger charge is -2.27. The van der Waals surface area contributed by atoms with Crippen molar-refractivity contribution in [3.63, 3.8) is 0 Å². The standard InChI is InChI=1S/C14H22N4OS/c1-2-18(10-5-3-4-6-10)13(19)11-12(15)17-14(20-11)16-9-7-8-9/h9-10H,2-8,15H2,1H3,(H,16,17). The van der Waals surface area contributed by atoms with Gasteiger partial charge in [-0.25, -0.2) is 4.98 Å². The highest BCUT2D eigenvalue weighted by molar-refractivity contribution is 7.18. The van der Waals surface area contributed by atoms with Crippen molar-refractivity contribution in [3.05, 3.63) is 4.88 Å². The van der Waals surface area contributed by atoms with Crippen LogP contribution in [0.4, 0.5) is 10.9 Å². The molecule has 1 aromatic heterocycles. The van der Waals surface area contributed by atoms with Gasteiger partial charge >= 0.3 is 0 Å². The number of nitrogens with zero attached hydrogens (tertiary/aromatic N) is 2. The quantitative estimate of drug-likeness (QED) is 0.876. The largest absolute Gasteiger partial charge is 0.382 e. The number of carbonyl (C=O) groups is 1. The van der Waals surface area contributed by atoms with Crippen LogP contribution in [0.3, 0.4) is 0 Å². The molecule has 5 nitrogen and oxygen atoms in total. The second-order valence-corrected chi connectivity index (χ2v) is 6.68. The van der Waals surface area contributed by atoms with Gasteiger partial charge in [-0.3, -0.25) is 4.79 Å². The molecular formula is C14H22N4OS. The zero-order chi connectivity index (χ0) is 14.1. The highest BCUT2D eigenvalue weighted by Gasteiger charge is 2.30. The van der Waals surface area contributed by atoms with E-state index in [0.29, 0.717) is 22.8 Å². The first kappa shape index (κ1) is 13.7. The molecule has 20 heavy (non-hydrogen) atoms. The Bertz CT molecular complexity index is 491. The van der Waals surface area contributed by atoms with Crippen molar-refractivity contribution in [2.24, 2.45) is 0 Å². The van der Waals surface area contributed by atoms with Crippen LogP contribution in [0, 0.1) is 0 Å². The first-order chi connectivity index (χ1) is 9.69. The van der Waals surface area contributed by atoms with Crippen molar-refractivity contribution >= 4 is 28.2 Å². The van der Waals surface area contributed by atoms with Crippen LogP contribution in [0.25, 0.3) is 0 Å². The molecular weight excluding hydrogens is 272 g/mol. The van der Waals surface area contributed by atoms with Gasteiger partial charge in [0.05, 0.1) is 0 Å². The second-order valence-electron chi connectivity index (χ2n) is 5.68. The van der Waals surface area contributed by atoms with Gasteiger partial charge in [0, 0.05) is 18.6 Å². The number of carbonyl (C=O) groups excluding carboxylic acids is 1. The Kier molecular flexibility index (Phi) is 3.83. The van der Waals surface area contributed by atoms with E-state index in [0.717, 1.165) is 24.5 Å². The zero-order valence-electron chi connectivity index (χ0n) is 11.9. The fraction of sp³-hybridized carbons (Fsp3) is 0.714. The molecule has 0 radical (unpaired) electrons. The van der Waals surface area contributed by atoms with E-state index in [1.54, 1.807) is 0 Å². The maximum atomic E-state index is 12.7. The minimum atomic E-state index is 0.0539. The second kappa shape index (κ2) is 5.60. The molecule has 2 aliphatic carbocycles. The van der Waals surface area contributed by atoms with Crippen molar-refractivity contribution < 1.29 is 4.79 Å². The van der Waals surface area contributed by atoms with Gasteiger partial charge in [-0.15, -0.1) is 0 Å². The summed E-state index contributed by atoms with van der Waals surface area (Å²) in [4.78, 5) is 19.5. The summed E-state index contributed by atoms with van der Waals surface area (Å²) in [6.07, 6.45) is 7.05. The van der Waals surface area contributed by atoms with E-state index < -0.39 is 0 Å². The Morgan fingerprint density at radius 2 is 2.10 bits per heavy atom. The van der Waals surface area contributed by atoms with Gasteiger partial charge in [-0.2, -0.15) is 0 Å². The molecule has 3 N–H and O–H groups in total. The van der Waals surface area contributed by atoms with Crippen LogP contribution in [0.15, 0.2) is 0 Å². The molecule has 1 heterocycles. The van der Waals surface area contributed by atoms with E-state index in [1.165, 1.54) is 37.0 Å². The first-order valence-corrected chi connectivity index (χ1v) is 8.34. The molecule has 0 bridgehead atoms. The molecule has 0 atom stereocenters. The lowest BCUT2D eigenvalue weighted by molar-refractivity contribution is 0.0699. The average Bonchev–Trinajstić information content (AvgIpc) is 2.93. The highest BCUT2D eigenvalue weighted by Crippen LogP contribution is 2.32.